The van der Waals surface area contributed by atoms with Gasteiger partial charge in [-0.1, -0.05) is 23.2 Å². The molecule has 1 rings (SSSR count). The number of hydrogen-bond donors (Lipinski definition) is 2. The van der Waals surface area contributed by atoms with E-state index in [1.165, 1.54) is 26.0 Å². The normalized spacial score (nSPS) is 12.7. The van der Waals surface area contributed by atoms with E-state index in [4.69, 9.17) is 32.7 Å². The van der Waals surface area contributed by atoms with Crippen molar-refractivity contribution in [2.75, 3.05) is 13.2 Å². The zero-order valence-electron chi connectivity index (χ0n) is 14.1. The second-order valence-electron chi connectivity index (χ2n) is 5.13. The molecule has 0 heterocycles. The summed E-state index contributed by atoms with van der Waals surface area (Å²) in [7, 11) is 0. The van der Waals surface area contributed by atoms with Crippen molar-refractivity contribution in [3.63, 3.8) is 0 Å². The van der Waals surface area contributed by atoms with E-state index in [-0.39, 0.29) is 16.7 Å². The van der Waals surface area contributed by atoms with E-state index in [9.17, 15) is 14.4 Å². The lowest BCUT2D eigenvalue weighted by Gasteiger charge is -2.16. The van der Waals surface area contributed by atoms with Crippen molar-refractivity contribution in [1.82, 2.24) is 10.6 Å². The van der Waals surface area contributed by atoms with Gasteiger partial charge in [0.1, 0.15) is 11.8 Å². The zero-order chi connectivity index (χ0) is 19.0. The Bertz CT molecular complexity index is 639. The van der Waals surface area contributed by atoms with Gasteiger partial charge in [0.15, 0.2) is 12.7 Å². The van der Waals surface area contributed by atoms with Crippen LogP contribution in [0.4, 0.5) is 0 Å². The number of likely N-dealkylation sites (N-methyl/N-ethyl adjacent to an activating group) is 1. The topological polar surface area (TPSA) is 93.7 Å². The van der Waals surface area contributed by atoms with Crippen LogP contribution in [0.15, 0.2) is 18.2 Å². The number of amides is 2. The first-order valence-electron chi connectivity index (χ1n) is 7.60. The Morgan fingerprint density at radius 1 is 1.20 bits per heavy atom. The maximum atomic E-state index is 11.9. The Balaban J connectivity index is 2.44. The molecule has 2 N–H and O–H groups in total. The standard InChI is InChI=1S/C16H20Cl2N2O5/c1-4-19-15(22)9(2)20-14(21)8-24-16(23)10(3)25-13-6-5-11(17)7-12(13)18/h5-7,9-10H,4,8H2,1-3H3,(H,19,22)(H,20,21)/t9-,10+/m0/s1. The molecule has 0 saturated heterocycles. The largest absolute Gasteiger partial charge is 0.477 e. The number of ether oxygens (including phenoxy) is 2. The third-order valence-electron chi connectivity index (χ3n) is 3.00. The molecule has 2 atom stereocenters. The fraction of sp³-hybridized carbons (Fsp3) is 0.438. The maximum Gasteiger partial charge on any atom is 0.347 e. The summed E-state index contributed by atoms with van der Waals surface area (Å²) in [5, 5.41) is 5.67. The quantitative estimate of drug-likeness (QED) is 0.661. The van der Waals surface area contributed by atoms with Gasteiger partial charge in [-0.05, 0) is 39.0 Å². The molecule has 9 heteroatoms. The van der Waals surface area contributed by atoms with E-state index < -0.39 is 30.6 Å². The number of carbonyl (C=O) groups is 3. The third kappa shape index (κ3) is 7.19. The molecule has 0 spiro atoms. The van der Waals surface area contributed by atoms with Gasteiger partial charge in [-0.2, -0.15) is 0 Å². The van der Waals surface area contributed by atoms with Crippen molar-refractivity contribution in [3.05, 3.63) is 28.2 Å². The predicted octanol–water partition coefficient (Wildman–Crippen LogP) is 1.94. The first kappa shape index (κ1) is 21.1. The van der Waals surface area contributed by atoms with Crippen LogP contribution in [0.2, 0.25) is 10.0 Å². The van der Waals surface area contributed by atoms with Gasteiger partial charge in [-0.25, -0.2) is 4.79 Å². The number of nitrogens with one attached hydrogen (secondary N) is 2. The van der Waals surface area contributed by atoms with Crippen LogP contribution < -0.4 is 15.4 Å². The van der Waals surface area contributed by atoms with Crippen molar-refractivity contribution in [2.24, 2.45) is 0 Å². The molecule has 0 saturated carbocycles. The monoisotopic (exact) mass is 390 g/mol. The van der Waals surface area contributed by atoms with E-state index in [0.717, 1.165) is 0 Å². The van der Waals surface area contributed by atoms with E-state index in [1.807, 2.05) is 0 Å². The molecule has 0 bridgehead atoms. The molecular weight excluding hydrogens is 371 g/mol. The van der Waals surface area contributed by atoms with Crippen LogP contribution in [-0.4, -0.2) is 43.1 Å². The Morgan fingerprint density at radius 3 is 2.48 bits per heavy atom. The van der Waals surface area contributed by atoms with Crippen molar-refractivity contribution >= 4 is 41.0 Å². The van der Waals surface area contributed by atoms with Crippen molar-refractivity contribution in [1.29, 1.82) is 0 Å². The molecule has 0 aliphatic carbocycles. The molecule has 1 aromatic rings. The summed E-state index contributed by atoms with van der Waals surface area (Å²) in [6.45, 7) is 4.69. The minimum absolute atomic E-state index is 0.251. The SMILES string of the molecule is CCNC(=O)[C@H](C)NC(=O)COC(=O)[C@@H](C)Oc1ccc(Cl)cc1Cl. The van der Waals surface area contributed by atoms with Gasteiger partial charge in [-0.3, -0.25) is 9.59 Å². The molecule has 0 fully saturated rings. The van der Waals surface area contributed by atoms with Gasteiger partial charge in [-0.15, -0.1) is 0 Å². The Morgan fingerprint density at radius 2 is 1.88 bits per heavy atom. The Kier molecular flexibility index (Phi) is 8.51. The van der Waals surface area contributed by atoms with Crippen molar-refractivity contribution in [2.45, 2.75) is 32.9 Å². The summed E-state index contributed by atoms with van der Waals surface area (Å²) in [6, 6.07) is 3.84. The number of hydrogen-bond acceptors (Lipinski definition) is 5. The van der Waals surface area contributed by atoms with Crippen LogP contribution in [0, 0.1) is 0 Å². The highest BCUT2D eigenvalue weighted by Crippen LogP contribution is 2.28. The molecule has 138 valence electrons. The molecule has 0 aliphatic rings. The molecule has 0 aliphatic heterocycles. The van der Waals surface area contributed by atoms with Crippen LogP contribution in [0.1, 0.15) is 20.8 Å². The predicted molar refractivity (Wildman–Crippen MR) is 93.8 cm³/mol. The van der Waals surface area contributed by atoms with Crippen LogP contribution in [-0.2, 0) is 19.1 Å². The minimum atomic E-state index is -0.979. The number of halogens is 2. The number of carbonyl (C=O) groups excluding carboxylic acids is 3. The van der Waals surface area contributed by atoms with E-state index >= 15 is 0 Å². The summed E-state index contributed by atoms with van der Waals surface area (Å²) >= 11 is 11.7. The first-order chi connectivity index (χ1) is 11.7. The van der Waals surface area contributed by atoms with Gasteiger partial charge in [0.2, 0.25) is 5.91 Å². The average molecular weight is 391 g/mol. The lowest BCUT2D eigenvalue weighted by Crippen LogP contribution is -2.46. The van der Waals surface area contributed by atoms with Crippen molar-refractivity contribution in [3.8, 4) is 5.75 Å². The summed E-state index contributed by atoms with van der Waals surface area (Å²) in [5.41, 5.74) is 0. The van der Waals surface area contributed by atoms with E-state index in [2.05, 4.69) is 10.6 Å². The van der Waals surface area contributed by atoms with Gasteiger partial charge < -0.3 is 20.1 Å². The highest BCUT2D eigenvalue weighted by atomic mass is 35.5. The second-order valence-corrected chi connectivity index (χ2v) is 5.97. The average Bonchev–Trinajstić information content (AvgIpc) is 2.55. The number of esters is 1. The fourth-order valence-corrected chi connectivity index (χ4v) is 2.19. The first-order valence-corrected chi connectivity index (χ1v) is 8.35. The van der Waals surface area contributed by atoms with Crippen molar-refractivity contribution < 1.29 is 23.9 Å². The Labute approximate surface area is 155 Å². The highest BCUT2D eigenvalue weighted by Gasteiger charge is 2.20. The van der Waals surface area contributed by atoms with Crippen LogP contribution >= 0.6 is 23.2 Å². The molecular formula is C16H20Cl2N2O5. The molecule has 0 radical (unpaired) electrons. The lowest BCUT2D eigenvalue weighted by atomic mass is 10.3. The number of benzene rings is 1. The van der Waals surface area contributed by atoms with Crippen LogP contribution in [0.5, 0.6) is 5.75 Å². The smallest absolute Gasteiger partial charge is 0.347 e. The molecule has 2 amide bonds. The van der Waals surface area contributed by atoms with E-state index in [0.29, 0.717) is 11.6 Å². The highest BCUT2D eigenvalue weighted by molar-refractivity contribution is 6.35. The molecule has 7 nitrogen and oxygen atoms in total. The van der Waals surface area contributed by atoms with E-state index in [1.54, 1.807) is 13.0 Å². The van der Waals surface area contributed by atoms with Crippen LogP contribution in [0.25, 0.3) is 0 Å². The molecule has 0 unspecified atom stereocenters. The summed E-state index contributed by atoms with van der Waals surface area (Å²) in [5.74, 6) is -1.39. The molecule has 1 aromatic carbocycles. The molecule has 0 aromatic heterocycles. The summed E-state index contributed by atoms with van der Waals surface area (Å²) in [4.78, 5) is 35.1. The summed E-state index contributed by atoms with van der Waals surface area (Å²) < 4.78 is 10.2. The maximum absolute atomic E-state index is 11.9. The second kappa shape index (κ2) is 10.1. The van der Waals surface area contributed by atoms with Crippen LogP contribution in [0.3, 0.4) is 0 Å². The third-order valence-corrected chi connectivity index (χ3v) is 3.53. The zero-order valence-corrected chi connectivity index (χ0v) is 15.6. The number of rotatable bonds is 8. The Hall–Kier alpha value is -1.99. The van der Waals surface area contributed by atoms with Gasteiger partial charge in [0.05, 0.1) is 5.02 Å². The van der Waals surface area contributed by atoms with Gasteiger partial charge in [0.25, 0.3) is 5.91 Å². The fourth-order valence-electron chi connectivity index (χ4n) is 1.74. The summed E-state index contributed by atoms with van der Waals surface area (Å²) in [6.07, 6.45) is -0.979. The molecule has 25 heavy (non-hydrogen) atoms. The van der Waals surface area contributed by atoms with Gasteiger partial charge in [0, 0.05) is 11.6 Å². The minimum Gasteiger partial charge on any atom is -0.477 e. The lowest BCUT2D eigenvalue weighted by molar-refractivity contribution is -0.155. The van der Waals surface area contributed by atoms with Gasteiger partial charge >= 0.3 is 5.97 Å².